The summed E-state index contributed by atoms with van der Waals surface area (Å²) in [5.74, 6) is -0.0882. The lowest BCUT2D eigenvalue weighted by Crippen LogP contribution is -2.52. The average molecular weight is 291 g/mol. The quantitative estimate of drug-likeness (QED) is 0.809. The third-order valence-corrected chi connectivity index (χ3v) is 3.88. The zero-order valence-corrected chi connectivity index (χ0v) is 12.9. The summed E-state index contributed by atoms with van der Waals surface area (Å²) in [4.78, 5) is 18.5. The molecule has 2 unspecified atom stereocenters. The maximum atomic E-state index is 12.2. The summed E-state index contributed by atoms with van der Waals surface area (Å²) < 4.78 is 5.24. The van der Waals surface area contributed by atoms with Gasteiger partial charge in [-0.3, -0.25) is 14.7 Å². The Morgan fingerprint density at radius 2 is 2.24 bits per heavy atom. The number of aromatic nitrogens is 1. The first-order valence-corrected chi connectivity index (χ1v) is 7.80. The van der Waals surface area contributed by atoms with Crippen LogP contribution in [-0.4, -0.2) is 48.1 Å². The zero-order chi connectivity index (χ0) is 15.1. The Balaban J connectivity index is 2.05. The molecule has 2 rings (SSSR count). The van der Waals surface area contributed by atoms with Crippen molar-refractivity contribution in [3.63, 3.8) is 0 Å². The van der Waals surface area contributed by atoms with E-state index in [1.54, 1.807) is 0 Å². The molecule has 1 N–H and O–H groups in total. The second-order valence-corrected chi connectivity index (χ2v) is 5.34. The Labute approximate surface area is 126 Å². The first kappa shape index (κ1) is 15.9. The third kappa shape index (κ3) is 4.25. The van der Waals surface area contributed by atoms with Gasteiger partial charge in [-0.1, -0.05) is 13.3 Å². The summed E-state index contributed by atoms with van der Waals surface area (Å²) in [7, 11) is 0. The molecule has 21 heavy (non-hydrogen) atoms. The topological polar surface area (TPSA) is 54.5 Å². The fourth-order valence-electron chi connectivity index (χ4n) is 2.84. The number of hydrogen-bond donors (Lipinski definition) is 1. The number of carbonyl (C=O) groups is 1. The van der Waals surface area contributed by atoms with Gasteiger partial charge in [0.05, 0.1) is 6.61 Å². The van der Waals surface area contributed by atoms with Crippen molar-refractivity contribution in [1.82, 2.24) is 15.2 Å². The number of hydrogen-bond acceptors (Lipinski definition) is 5. The van der Waals surface area contributed by atoms with Crippen LogP contribution in [0.4, 0.5) is 0 Å². The number of rotatable bonds is 6. The van der Waals surface area contributed by atoms with Gasteiger partial charge >= 0.3 is 5.97 Å². The number of ether oxygens (including phenoxy) is 1. The van der Waals surface area contributed by atoms with Crippen molar-refractivity contribution in [3.8, 4) is 0 Å². The highest BCUT2D eigenvalue weighted by molar-refractivity contribution is 5.75. The van der Waals surface area contributed by atoms with Crippen molar-refractivity contribution in [2.45, 2.75) is 38.8 Å². The van der Waals surface area contributed by atoms with Gasteiger partial charge in [-0.15, -0.1) is 0 Å². The van der Waals surface area contributed by atoms with E-state index < -0.39 is 0 Å². The monoisotopic (exact) mass is 291 g/mol. The highest BCUT2D eigenvalue weighted by Gasteiger charge is 2.31. The van der Waals surface area contributed by atoms with E-state index in [-0.39, 0.29) is 18.1 Å². The van der Waals surface area contributed by atoms with Gasteiger partial charge in [0.1, 0.15) is 6.04 Å². The number of carbonyl (C=O) groups excluding carboxylic acids is 1. The van der Waals surface area contributed by atoms with Crippen LogP contribution in [0.25, 0.3) is 0 Å². The first-order chi connectivity index (χ1) is 10.3. The van der Waals surface area contributed by atoms with Crippen LogP contribution < -0.4 is 5.32 Å². The second-order valence-electron chi connectivity index (χ2n) is 5.34. The smallest absolute Gasteiger partial charge is 0.323 e. The van der Waals surface area contributed by atoms with Crippen LogP contribution in [0.2, 0.25) is 0 Å². The van der Waals surface area contributed by atoms with Crippen LogP contribution in [0.5, 0.6) is 0 Å². The molecule has 5 heteroatoms. The first-order valence-electron chi connectivity index (χ1n) is 7.80. The minimum Gasteiger partial charge on any atom is -0.465 e. The van der Waals surface area contributed by atoms with Crippen molar-refractivity contribution in [1.29, 1.82) is 0 Å². The van der Waals surface area contributed by atoms with E-state index >= 15 is 0 Å². The third-order valence-electron chi connectivity index (χ3n) is 3.88. The number of nitrogens with one attached hydrogen (secondary N) is 1. The highest BCUT2D eigenvalue weighted by Crippen LogP contribution is 2.20. The van der Waals surface area contributed by atoms with Crippen molar-refractivity contribution >= 4 is 5.97 Å². The summed E-state index contributed by atoms with van der Waals surface area (Å²) >= 11 is 0. The van der Waals surface area contributed by atoms with E-state index in [1.807, 2.05) is 31.5 Å². The van der Waals surface area contributed by atoms with Crippen LogP contribution in [-0.2, 0) is 9.53 Å². The summed E-state index contributed by atoms with van der Waals surface area (Å²) in [6, 6.07) is 4.18. The Kier molecular flexibility index (Phi) is 6.14. The molecule has 116 valence electrons. The molecule has 0 radical (unpaired) electrons. The average Bonchev–Trinajstić information content (AvgIpc) is 2.54. The van der Waals surface area contributed by atoms with Gasteiger partial charge < -0.3 is 10.1 Å². The van der Waals surface area contributed by atoms with E-state index in [2.05, 4.69) is 22.1 Å². The zero-order valence-electron chi connectivity index (χ0n) is 12.9. The van der Waals surface area contributed by atoms with Gasteiger partial charge in [0.15, 0.2) is 0 Å². The molecule has 0 aliphatic carbocycles. The molecule has 2 heterocycles. The fraction of sp³-hybridized carbons (Fsp3) is 0.625. The molecule has 2 atom stereocenters. The molecule has 1 aliphatic rings. The van der Waals surface area contributed by atoms with Gasteiger partial charge in [0, 0.05) is 38.1 Å². The molecule has 1 saturated heterocycles. The molecule has 0 aromatic carbocycles. The fourth-order valence-corrected chi connectivity index (χ4v) is 2.84. The molecule has 1 aliphatic heterocycles. The van der Waals surface area contributed by atoms with Crippen molar-refractivity contribution in [3.05, 3.63) is 30.1 Å². The lowest BCUT2D eigenvalue weighted by molar-refractivity contribution is -0.150. The van der Waals surface area contributed by atoms with E-state index in [0.29, 0.717) is 6.61 Å². The molecule has 0 spiro atoms. The summed E-state index contributed by atoms with van der Waals surface area (Å²) in [6.45, 7) is 7.00. The van der Waals surface area contributed by atoms with Gasteiger partial charge in [-0.2, -0.15) is 0 Å². The molecule has 1 aromatic rings. The summed E-state index contributed by atoms with van der Waals surface area (Å²) in [5, 5.41) is 3.51. The molecular weight excluding hydrogens is 266 g/mol. The standard InChI is InChI=1S/C16H25N3O2/c1-3-5-15(16(20)21-4-2)19-11-10-18-14(12-19)13-6-8-17-9-7-13/h6-9,14-15,18H,3-5,10-12H2,1-2H3. The second kappa shape index (κ2) is 8.10. The largest absolute Gasteiger partial charge is 0.465 e. The molecule has 1 fully saturated rings. The maximum absolute atomic E-state index is 12.2. The Hall–Kier alpha value is -1.46. The van der Waals surface area contributed by atoms with E-state index in [4.69, 9.17) is 4.74 Å². The molecule has 1 aromatic heterocycles. The van der Waals surface area contributed by atoms with Crippen LogP contribution in [0, 0.1) is 0 Å². The van der Waals surface area contributed by atoms with Crippen LogP contribution in [0.15, 0.2) is 24.5 Å². The number of pyridine rings is 1. The predicted octanol–water partition coefficient (Wildman–Crippen LogP) is 1.76. The molecule has 0 amide bonds. The SMILES string of the molecule is CCCC(C(=O)OCC)N1CCNC(c2ccncc2)C1. The Bertz CT molecular complexity index is 438. The van der Waals surface area contributed by atoms with Crippen LogP contribution >= 0.6 is 0 Å². The molecule has 0 bridgehead atoms. The summed E-state index contributed by atoms with van der Waals surface area (Å²) in [5.41, 5.74) is 1.22. The molecule has 5 nitrogen and oxygen atoms in total. The maximum Gasteiger partial charge on any atom is 0.323 e. The number of piperazine rings is 1. The molecule has 0 saturated carbocycles. The molecular formula is C16H25N3O2. The van der Waals surface area contributed by atoms with E-state index in [9.17, 15) is 4.79 Å². The minimum absolute atomic E-state index is 0.0882. The number of nitrogens with zero attached hydrogens (tertiary/aromatic N) is 2. The highest BCUT2D eigenvalue weighted by atomic mass is 16.5. The van der Waals surface area contributed by atoms with Crippen LogP contribution in [0.3, 0.4) is 0 Å². The summed E-state index contributed by atoms with van der Waals surface area (Å²) in [6.07, 6.45) is 5.45. The Morgan fingerprint density at radius 1 is 1.48 bits per heavy atom. The van der Waals surface area contributed by atoms with Gasteiger partial charge in [0.2, 0.25) is 0 Å². The van der Waals surface area contributed by atoms with Crippen molar-refractivity contribution in [2.75, 3.05) is 26.2 Å². The normalized spacial score (nSPS) is 21.0. The van der Waals surface area contributed by atoms with Gasteiger partial charge in [-0.25, -0.2) is 0 Å². The van der Waals surface area contributed by atoms with E-state index in [1.165, 1.54) is 5.56 Å². The van der Waals surface area contributed by atoms with Crippen molar-refractivity contribution in [2.24, 2.45) is 0 Å². The van der Waals surface area contributed by atoms with Gasteiger partial charge in [-0.05, 0) is 31.0 Å². The Morgan fingerprint density at radius 3 is 2.90 bits per heavy atom. The predicted molar refractivity (Wildman–Crippen MR) is 81.9 cm³/mol. The minimum atomic E-state index is -0.124. The van der Waals surface area contributed by atoms with Crippen LogP contribution in [0.1, 0.15) is 38.3 Å². The van der Waals surface area contributed by atoms with Gasteiger partial charge in [0.25, 0.3) is 0 Å². The van der Waals surface area contributed by atoms with E-state index in [0.717, 1.165) is 32.5 Å². The number of esters is 1. The lowest BCUT2D eigenvalue weighted by Gasteiger charge is -2.37. The lowest BCUT2D eigenvalue weighted by atomic mass is 10.0. The van der Waals surface area contributed by atoms with Crippen molar-refractivity contribution < 1.29 is 9.53 Å².